The van der Waals surface area contributed by atoms with Gasteiger partial charge in [0.25, 0.3) is 0 Å². The molecule has 0 aliphatic carbocycles. The van der Waals surface area contributed by atoms with Crippen LogP contribution in [0.15, 0.2) is 30.3 Å². The van der Waals surface area contributed by atoms with Crippen LogP contribution in [0.2, 0.25) is 0 Å². The second-order valence-corrected chi connectivity index (χ2v) is 6.38. The highest BCUT2D eigenvalue weighted by Gasteiger charge is 2.30. The van der Waals surface area contributed by atoms with Gasteiger partial charge in [0.15, 0.2) is 0 Å². The molecule has 126 valence electrons. The molecule has 1 atom stereocenters. The summed E-state index contributed by atoms with van der Waals surface area (Å²) < 4.78 is 0. The van der Waals surface area contributed by atoms with Gasteiger partial charge < -0.3 is 15.1 Å². The molecule has 2 amide bonds. The molecule has 1 N–H and O–H groups in total. The minimum absolute atomic E-state index is 0.0137. The van der Waals surface area contributed by atoms with Crippen LogP contribution in [0.4, 0.5) is 0 Å². The summed E-state index contributed by atoms with van der Waals surface area (Å²) >= 11 is 0. The second kappa shape index (κ2) is 8.67. The number of benzene rings is 1. The van der Waals surface area contributed by atoms with Crippen LogP contribution < -0.4 is 5.32 Å². The van der Waals surface area contributed by atoms with Gasteiger partial charge in [-0.2, -0.15) is 0 Å². The van der Waals surface area contributed by atoms with E-state index in [1.807, 2.05) is 37.2 Å². The summed E-state index contributed by atoms with van der Waals surface area (Å²) in [6, 6.07) is 9.99. The van der Waals surface area contributed by atoms with Crippen LogP contribution in [0.25, 0.3) is 0 Å². The normalized spacial score (nSPS) is 17.3. The van der Waals surface area contributed by atoms with Crippen LogP contribution in [0.5, 0.6) is 0 Å². The third-order valence-corrected chi connectivity index (χ3v) is 4.16. The fourth-order valence-electron chi connectivity index (χ4n) is 2.79. The molecule has 2 rings (SSSR count). The summed E-state index contributed by atoms with van der Waals surface area (Å²) in [7, 11) is 4.01. The van der Waals surface area contributed by atoms with Crippen LogP contribution in [0.1, 0.15) is 24.8 Å². The number of hydrogen-bond acceptors (Lipinski definition) is 3. The van der Waals surface area contributed by atoms with Gasteiger partial charge in [0.05, 0.1) is 0 Å². The molecular formula is C18H27N3O2. The standard InChI is InChI=1S/C18H27N3O2/c1-20(2)13-14-21(18(23)16-10-11-17(22)19-16)12-6-9-15-7-4-3-5-8-15/h3-5,7-8,16H,6,9-14H2,1-2H3,(H,19,22)/t16-/m1/s1. The topological polar surface area (TPSA) is 52.7 Å². The predicted molar refractivity (Wildman–Crippen MR) is 91.1 cm³/mol. The Bertz CT molecular complexity index is 516. The number of amides is 2. The average molecular weight is 317 g/mol. The number of nitrogens with one attached hydrogen (secondary N) is 1. The third kappa shape index (κ3) is 5.67. The summed E-state index contributed by atoms with van der Waals surface area (Å²) in [6.45, 7) is 2.26. The Balaban J connectivity index is 1.88. The van der Waals surface area contributed by atoms with Crippen molar-refractivity contribution in [3.63, 3.8) is 0 Å². The summed E-state index contributed by atoms with van der Waals surface area (Å²) in [4.78, 5) is 28.0. The summed E-state index contributed by atoms with van der Waals surface area (Å²) in [5, 5.41) is 2.79. The molecule has 1 aliphatic rings. The lowest BCUT2D eigenvalue weighted by Crippen LogP contribution is -2.47. The minimum atomic E-state index is -0.332. The minimum Gasteiger partial charge on any atom is -0.344 e. The van der Waals surface area contributed by atoms with Gasteiger partial charge in [-0.05, 0) is 38.9 Å². The Labute approximate surface area is 138 Å². The van der Waals surface area contributed by atoms with E-state index in [-0.39, 0.29) is 17.9 Å². The van der Waals surface area contributed by atoms with Gasteiger partial charge in [-0.1, -0.05) is 30.3 Å². The molecule has 0 spiro atoms. The van der Waals surface area contributed by atoms with E-state index in [4.69, 9.17) is 0 Å². The largest absolute Gasteiger partial charge is 0.344 e. The molecule has 0 unspecified atom stereocenters. The average Bonchev–Trinajstić information content (AvgIpc) is 2.97. The smallest absolute Gasteiger partial charge is 0.245 e. The number of hydrogen-bond donors (Lipinski definition) is 1. The Morgan fingerprint density at radius 3 is 2.52 bits per heavy atom. The molecule has 1 aliphatic heterocycles. The molecule has 0 saturated carbocycles. The maximum Gasteiger partial charge on any atom is 0.245 e. The number of rotatable bonds is 8. The van der Waals surface area contributed by atoms with Gasteiger partial charge in [0.2, 0.25) is 11.8 Å². The first kappa shape index (κ1) is 17.5. The van der Waals surface area contributed by atoms with E-state index in [1.165, 1.54) is 5.56 Å². The molecule has 5 nitrogen and oxygen atoms in total. The maximum atomic E-state index is 12.6. The Morgan fingerprint density at radius 1 is 1.17 bits per heavy atom. The number of aryl methyl sites for hydroxylation is 1. The van der Waals surface area contributed by atoms with Crippen molar-refractivity contribution in [2.45, 2.75) is 31.7 Å². The van der Waals surface area contributed by atoms with Crippen LogP contribution in [0, 0.1) is 0 Å². The molecule has 5 heteroatoms. The first-order valence-corrected chi connectivity index (χ1v) is 8.33. The van der Waals surface area contributed by atoms with Crippen molar-refractivity contribution in [3.05, 3.63) is 35.9 Å². The molecule has 1 fully saturated rings. The quantitative estimate of drug-likeness (QED) is 0.786. The molecule has 0 radical (unpaired) electrons. The summed E-state index contributed by atoms with van der Waals surface area (Å²) in [5.74, 6) is 0.0472. The number of nitrogens with zero attached hydrogens (tertiary/aromatic N) is 2. The van der Waals surface area contributed by atoms with Crippen molar-refractivity contribution >= 4 is 11.8 Å². The van der Waals surface area contributed by atoms with E-state index in [1.54, 1.807) is 0 Å². The van der Waals surface area contributed by atoms with Crippen molar-refractivity contribution in [2.24, 2.45) is 0 Å². The van der Waals surface area contributed by atoms with Gasteiger partial charge in [0, 0.05) is 26.1 Å². The van der Waals surface area contributed by atoms with Gasteiger partial charge in [0.1, 0.15) is 6.04 Å². The molecule has 1 aromatic rings. The zero-order valence-electron chi connectivity index (χ0n) is 14.1. The Hall–Kier alpha value is -1.88. The Kier molecular flexibility index (Phi) is 6.59. The summed E-state index contributed by atoms with van der Waals surface area (Å²) in [6.07, 6.45) is 2.98. The molecule has 23 heavy (non-hydrogen) atoms. The molecule has 0 bridgehead atoms. The first-order chi connectivity index (χ1) is 11.1. The number of carbonyl (C=O) groups excluding carboxylic acids is 2. The highest BCUT2D eigenvalue weighted by atomic mass is 16.2. The van der Waals surface area contributed by atoms with E-state index in [0.29, 0.717) is 19.4 Å². The van der Waals surface area contributed by atoms with E-state index in [2.05, 4.69) is 22.3 Å². The number of likely N-dealkylation sites (N-methyl/N-ethyl adjacent to an activating group) is 1. The van der Waals surface area contributed by atoms with Crippen molar-refractivity contribution in [1.29, 1.82) is 0 Å². The van der Waals surface area contributed by atoms with Crippen LogP contribution in [-0.4, -0.2) is 61.4 Å². The summed E-state index contributed by atoms with van der Waals surface area (Å²) in [5.41, 5.74) is 1.29. The zero-order valence-corrected chi connectivity index (χ0v) is 14.1. The lowest BCUT2D eigenvalue weighted by molar-refractivity contribution is -0.134. The number of carbonyl (C=O) groups is 2. The van der Waals surface area contributed by atoms with Gasteiger partial charge >= 0.3 is 0 Å². The van der Waals surface area contributed by atoms with E-state index < -0.39 is 0 Å². The van der Waals surface area contributed by atoms with E-state index >= 15 is 0 Å². The van der Waals surface area contributed by atoms with Crippen LogP contribution >= 0.6 is 0 Å². The maximum absolute atomic E-state index is 12.6. The Morgan fingerprint density at radius 2 is 1.91 bits per heavy atom. The highest BCUT2D eigenvalue weighted by molar-refractivity contribution is 5.90. The monoisotopic (exact) mass is 317 g/mol. The third-order valence-electron chi connectivity index (χ3n) is 4.16. The van der Waals surface area contributed by atoms with Gasteiger partial charge in [-0.15, -0.1) is 0 Å². The van der Waals surface area contributed by atoms with Crippen molar-refractivity contribution in [3.8, 4) is 0 Å². The molecule has 1 aromatic carbocycles. The molecule has 1 heterocycles. The van der Waals surface area contributed by atoms with Gasteiger partial charge in [-0.25, -0.2) is 0 Å². The predicted octanol–water partition coefficient (Wildman–Crippen LogP) is 1.29. The zero-order chi connectivity index (χ0) is 16.7. The van der Waals surface area contributed by atoms with Crippen LogP contribution in [-0.2, 0) is 16.0 Å². The van der Waals surface area contributed by atoms with Crippen LogP contribution in [0.3, 0.4) is 0 Å². The fraction of sp³-hybridized carbons (Fsp3) is 0.556. The molecule has 1 saturated heterocycles. The molecular weight excluding hydrogens is 290 g/mol. The van der Waals surface area contributed by atoms with Crippen molar-refractivity contribution in [1.82, 2.24) is 15.1 Å². The van der Waals surface area contributed by atoms with E-state index in [9.17, 15) is 9.59 Å². The fourth-order valence-corrected chi connectivity index (χ4v) is 2.79. The first-order valence-electron chi connectivity index (χ1n) is 8.33. The lowest BCUT2D eigenvalue weighted by Gasteiger charge is -2.27. The second-order valence-electron chi connectivity index (χ2n) is 6.38. The van der Waals surface area contributed by atoms with E-state index in [0.717, 1.165) is 25.9 Å². The van der Waals surface area contributed by atoms with Gasteiger partial charge in [-0.3, -0.25) is 9.59 Å². The highest BCUT2D eigenvalue weighted by Crippen LogP contribution is 2.11. The lowest BCUT2D eigenvalue weighted by atomic mass is 10.1. The molecule has 0 aromatic heterocycles. The van der Waals surface area contributed by atoms with Crippen molar-refractivity contribution < 1.29 is 9.59 Å². The SMILES string of the molecule is CN(C)CCN(CCCc1ccccc1)C(=O)[C@H]1CCC(=O)N1. The van der Waals surface area contributed by atoms with Crippen molar-refractivity contribution in [2.75, 3.05) is 33.7 Å².